The van der Waals surface area contributed by atoms with E-state index in [2.05, 4.69) is 12.0 Å². The highest BCUT2D eigenvalue weighted by Gasteiger charge is 2.07. The molecule has 0 saturated carbocycles. The quantitative estimate of drug-likeness (QED) is 0.461. The molecule has 0 spiro atoms. The number of hydrogen-bond donors (Lipinski definition) is 1. The number of hydrogen-bond acceptors (Lipinski definition) is 2. The van der Waals surface area contributed by atoms with E-state index in [1.54, 1.807) is 14.1 Å². The fraction of sp³-hybridized carbons (Fsp3) is 0.571. The Morgan fingerprint density at radius 2 is 2.20 bits per heavy atom. The zero-order valence-electron chi connectivity index (χ0n) is 6.77. The van der Waals surface area contributed by atoms with E-state index in [1.807, 2.05) is 6.92 Å². The van der Waals surface area contributed by atoms with Gasteiger partial charge in [-0.25, -0.2) is 5.43 Å². The highest BCUT2D eigenvalue weighted by molar-refractivity contribution is 5.92. The lowest BCUT2D eigenvalue weighted by Gasteiger charge is -2.15. The van der Waals surface area contributed by atoms with Gasteiger partial charge >= 0.3 is 0 Å². The van der Waals surface area contributed by atoms with Gasteiger partial charge < -0.3 is 0 Å². The van der Waals surface area contributed by atoms with Crippen molar-refractivity contribution >= 4 is 5.91 Å². The molecule has 3 nitrogen and oxygen atoms in total. The van der Waals surface area contributed by atoms with E-state index in [0.717, 1.165) is 0 Å². The van der Waals surface area contributed by atoms with E-state index < -0.39 is 0 Å². The van der Waals surface area contributed by atoms with Gasteiger partial charge in [0.15, 0.2) is 0 Å². The molecule has 0 saturated heterocycles. The Balaban J connectivity index is 3.95. The molecule has 58 valence electrons. The monoisotopic (exact) mass is 142 g/mol. The van der Waals surface area contributed by atoms with E-state index >= 15 is 0 Å². The third kappa shape index (κ3) is 2.19. The summed E-state index contributed by atoms with van der Waals surface area (Å²) < 4.78 is 0. The van der Waals surface area contributed by atoms with Gasteiger partial charge in [0.1, 0.15) is 0 Å². The molecular formula is C7H14N2O. The second-order valence-electron chi connectivity index (χ2n) is 2.04. The molecule has 0 heterocycles. The van der Waals surface area contributed by atoms with Crippen molar-refractivity contribution in [3.05, 3.63) is 12.2 Å². The number of nitrogens with one attached hydrogen (secondary N) is 1. The van der Waals surface area contributed by atoms with E-state index in [4.69, 9.17) is 0 Å². The van der Waals surface area contributed by atoms with Crippen molar-refractivity contribution in [2.45, 2.75) is 13.3 Å². The van der Waals surface area contributed by atoms with Gasteiger partial charge in [-0.05, 0) is 6.42 Å². The predicted octanol–water partition coefficient (Wildman–Crippen LogP) is 0.545. The van der Waals surface area contributed by atoms with Gasteiger partial charge in [0, 0.05) is 19.7 Å². The maximum atomic E-state index is 11.1. The standard InChI is InChI=1S/C7H14N2O/c1-5-6(2)7(10)9(4)8-3/h8H,2,5H2,1,3-4H3. The van der Waals surface area contributed by atoms with Crippen molar-refractivity contribution < 1.29 is 4.79 Å². The summed E-state index contributed by atoms with van der Waals surface area (Å²) in [7, 11) is 3.37. The highest BCUT2D eigenvalue weighted by Crippen LogP contribution is 1.98. The zero-order valence-corrected chi connectivity index (χ0v) is 6.77. The molecule has 0 radical (unpaired) electrons. The van der Waals surface area contributed by atoms with Crippen LogP contribution in [0.5, 0.6) is 0 Å². The lowest BCUT2D eigenvalue weighted by molar-refractivity contribution is -0.128. The summed E-state index contributed by atoms with van der Waals surface area (Å²) in [4.78, 5) is 11.1. The molecular weight excluding hydrogens is 128 g/mol. The molecule has 0 bridgehead atoms. The van der Waals surface area contributed by atoms with Gasteiger partial charge in [0.05, 0.1) is 0 Å². The van der Waals surface area contributed by atoms with E-state index in [9.17, 15) is 4.79 Å². The molecule has 0 unspecified atom stereocenters. The minimum Gasteiger partial charge on any atom is -0.278 e. The molecule has 1 N–H and O–H groups in total. The summed E-state index contributed by atoms with van der Waals surface area (Å²) in [5, 5.41) is 1.41. The molecule has 0 aliphatic rings. The van der Waals surface area contributed by atoms with Crippen molar-refractivity contribution in [3.8, 4) is 0 Å². The number of rotatable bonds is 3. The second-order valence-corrected chi connectivity index (χ2v) is 2.04. The average Bonchev–Trinajstić information content (AvgIpc) is 2.00. The molecule has 0 aromatic heterocycles. The Kier molecular flexibility index (Phi) is 3.72. The van der Waals surface area contributed by atoms with Gasteiger partial charge in [-0.3, -0.25) is 9.80 Å². The topological polar surface area (TPSA) is 32.3 Å². The van der Waals surface area contributed by atoms with Crippen LogP contribution >= 0.6 is 0 Å². The molecule has 0 aromatic rings. The predicted molar refractivity (Wildman–Crippen MR) is 41.3 cm³/mol. The summed E-state index contributed by atoms with van der Waals surface area (Å²) in [6.07, 6.45) is 0.699. The third-order valence-electron chi connectivity index (χ3n) is 1.37. The number of nitrogens with zero attached hydrogens (tertiary/aromatic N) is 1. The van der Waals surface area contributed by atoms with E-state index in [1.165, 1.54) is 5.01 Å². The second kappa shape index (κ2) is 4.06. The molecule has 0 fully saturated rings. The summed E-state index contributed by atoms with van der Waals surface area (Å²) in [5.74, 6) is -0.0509. The Labute approximate surface area is 61.7 Å². The van der Waals surface area contributed by atoms with E-state index in [-0.39, 0.29) is 5.91 Å². The van der Waals surface area contributed by atoms with Gasteiger partial charge in [-0.2, -0.15) is 0 Å². The largest absolute Gasteiger partial charge is 0.278 e. The van der Waals surface area contributed by atoms with Crippen molar-refractivity contribution in [3.63, 3.8) is 0 Å². The molecule has 1 amide bonds. The number of hydrazine groups is 1. The van der Waals surface area contributed by atoms with Crippen LogP contribution in [0.15, 0.2) is 12.2 Å². The van der Waals surface area contributed by atoms with Crippen LogP contribution in [-0.2, 0) is 4.79 Å². The van der Waals surface area contributed by atoms with Crippen LogP contribution < -0.4 is 5.43 Å². The molecule has 3 heteroatoms. The SMILES string of the molecule is C=C(CC)C(=O)N(C)NC. The van der Waals surface area contributed by atoms with Crippen LogP contribution in [0, 0.1) is 0 Å². The third-order valence-corrected chi connectivity index (χ3v) is 1.37. The smallest absolute Gasteiger partial charge is 0.262 e. The minimum absolute atomic E-state index is 0.0509. The van der Waals surface area contributed by atoms with Crippen LogP contribution in [0.4, 0.5) is 0 Å². The Morgan fingerprint density at radius 1 is 1.70 bits per heavy atom. The number of amides is 1. The first kappa shape index (κ1) is 9.17. The highest BCUT2D eigenvalue weighted by atomic mass is 16.2. The fourth-order valence-corrected chi connectivity index (χ4v) is 0.490. The summed E-state index contributed by atoms with van der Waals surface area (Å²) in [5.41, 5.74) is 3.32. The van der Waals surface area contributed by atoms with Crippen LogP contribution in [0.1, 0.15) is 13.3 Å². The van der Waals surface area contributed by atoms with Crippen molar-refractivity contribution in [2.24, 2.45) is 0 Å². The van der Waals surface area contributed by atoms with Gasteiger partial charge in [-0.1, -0.05) is 13.5 Å². The molecule has 10 heavy (non-hydrogen) atoms. The summed E-state index contributed by atoms with van der Waals surface area (Å²) >= 11 is 0. The normalized spacial score (nSPS) is 9.10. The zero-order chi connectivity index (χ0) is 8.15. The number of likely N-dealkylation sites (N-methyl/N-ethyl adjacent to an activating group) is 1. The molecule has 0 aliphatic heterocycles. The van der Waals surface area contributed by atoms with Crippen LogP contribution in [-0.4, -0.2) is 25.0 Å². The lowest BCUT2D eigenvalue weighted by Crippen LogP contribution is -2.37. The number of carbonyl (C=O) groups is 1. The van der Waals surface area contributed by atoms with Crippen LogP contribution in [0.25, 0.3) is 0 Å². The van der Waals surface area contributed by atoms with Gasteiger partial charge in [0.25, 0.3) is 5.91 Å². The Hall–Kier alpha value is -0.830. The Morgan fingerprint density at radius 3 is 2.50 bits per heavy atom. The summed E-state index contributed by atoms with van der Waals surface area (Å²) in [6, 6.07) is 0. The number of carbonyl (C=O) groups excluding carboxylic acids is 1. The van der Waals surface area contributed by atoms with Crippen LogP contribution in [0.3, 0.4) is 0 Å². The molecule has 0 aromatic carbocycles. The first-order chi connectivity index (χ1) is 4.63. The maximum Gasteiger partial charge on any atom is 0.262 e. The van der Waals surface area contributed by atoms with Crippen molar-refractivity contribution in [2.75, 3.05) is 14.1 Å². The van der Waals surface area contributed by atoms with E-state index in [0.29, 0.717) is 12.0 Å². The van der Waals surface area contributed by atoms with Gasteiger partial charge in [-0.15, -0.1) is 0 Å². The van der Waals surface area contributed by atoms with Crippen LogP contribution in [0.2, 0.25) is 0 Å². The van der Waals surface area contributed by atoms with Crippen molar-refractivity contribution in [1.29, 1.82) is 0 Å². The lowest BCUT2D eigenvalue weighted by atomic mass is 10.2. The molecule has 0 aliphatic carbocycles. The van der Waals surface area contributed by atoms with Crippen molar-refractivity contribution in [1.82, 2.24) is 10.4 Å². The van der Waals surface area contributed by atoms with Gasteiger partial charge in [0.2, 0.25) is 0 Å². The fourth-order valence-electron chi connectivity index (χ4n) is 0.490. The first-order valence-electron chi connectivity index (χ1n) is 3.26. The molecule has 0 atom stereocenters. The molecule has 0 rings (SSSR count). The maximum absolute atomic E-state index is 11.1. The summed E-state index contributed by atoms with van der Waals surface area (Å²) in [6.45, 7) is 5.52. The first-order valence-corrected chi connectivity index (χ1v) is 3.26. The minimum atomic E-state index is -0.0509. The average molecular weight is 142 g/mol. The Bertz CT molecular complexity index is 143.